The van der Waals surface area contributed by atoms with E-state index in [4.69, 9.17) is 14.2 Å². The van der Waals surface area contributed by atoms with Gasteiger partial charge < -0.3 is 29.4 Å². The summed E-state index contributed by atoms with van der Waals surface area (Å²) in [6.45, 7) is 1.12. The maximum atomic E-state index is 12.3. The molecule has 0 aliphatic heterocycles. The molecule has 7 heteroatoms. The summed E-state index contributed by atoms with van der Waals surface area (Å²) in [5, 5.41) is 14.4. The smallest absolute Gasteiger partial charge is 0.251 e. The van der Waals surface area contributed by atoms with E-state index in [1.807, 2.05) is 24.3 Å². The van der Waals surface area contributed by atoms with Crippen LogP contribution in [0.3, 0.4) is 0 Å². The van der Waals surface area contributed by atoms with Gasteiger partial charge in [-0.3, -0.25) is 4.79 Å². The molecule has 0 unspecified atom stereocenters. The lowest BCUT2D eigenvalue weighted by Gasteiger charge is -2.33. The molecule has 0 aliphatic carbocycles. The molecule has 7 nitrogen and oxygen atoms in total. The number of nitrogens with one attached hydrogen (secondary N) is 1. The molecule has 0 spiro atoms. The summed E-state index contributed by atoms with van der Waals surface area (Å²) in [6, 6.07) is 12.4. The van der Waals surface area contributed by atoms with Crippen LogP contribution >= 0.6 is 0 Å². The number of methoxy groups -OCH3 is 2. The van der Waals surface area contributed by atoms with Gasteiger partial charge in [0.15, 0.2) is 11.5 Å². The molecule has 0 saturated carbocycles. The minimum atomic E-state index is -0.389. The van der Waals surface area contributed by atoms with E-state index < -0.39 is 0 Å². The average Bonchev–Trinajstić information content (AvgIpc) is 2.65. The third-order valence-electron chi connectivity index (χ3n) is 3.92. The monoisotopic (exact) mass is 374 g/mol. The Morgan fingerprint density at radius 2 is 1.70 bits per heavy atom. The predicted molar refractivity (Wildman–Crippen MR) is 103 cm³/mol. The minimum Gasteiger partial charge on any atom is -0.633 e. The van der Waals surface area contributed by atoms with Crippen LogP contribution < -0.4 is 19.5 Å². The first-order valence-electron chi connectivity index (χ1n) is 8.58. The van der Waals surface area contributed by atoms with E-state index in [2.05, 4.69) is 5.32 Å². The zero-order valence-electron chi connectivity index (χ0n) is 16.2. The molecule has 0 bridgehead atoms. The molecule has 0 atom stereocenters. The topological polar surface area (TPSA) is 79.9 Å². The van der Waals surface area contributed by atoms with Crippen molar-refractivity contribution in [2.75, 3.05) is 41.5 Å². The van der Waals surface area contributed by atoms with Crippen molar-refractivity contribution in [1.82, 2.24) is 5.32 Å². The Labute approximate surface area is 159 Å². The molecule has 0 radical (unpaired) electrons. The summed E-state index contributed by atoms with van der Waals surface area (Å²) in [5.74, 6) is 1.57. The van der Waals surface area contributed by atoms with Crippen molar-refractivity contribution in [3.63, 3.8) is 0 Å². The Balaban J connectivity index is 1.88. The number of amides is 1. The van der Waals surface area contributed by atoms with Gasteiger partial charge in [0.25, 0.3) is 5.91 Å². The number of quaternary nitrogens is 1. The van der Waals surface area contributed by atoms with Gasteiger partial charge >= 0.3 is 0 Å². The quantitative estimate of drug-likeness (QED) is 0.539. The van der Waals surface area contributed by atoms with Gasteiger partial charge in [0, 0.05) is 12.1 Å². The lowest BCUT2D eigenvalue weighted by molar-refractivity contribution is -0.840. The third-order valence-corrected chi connectivity index (χ3v) is 3.92. The number of benzene rings is 2. The van der Waals surface area contributed by atoms with Gasteiger partial charge in [-0.1, -0.05) is 12.1 Å². The van der Waals surface area contributed by atoms with Crippen molar-refractivity contribution < 1.29 is 23.7 Å². The van der Waals surface area contributed by atoms with E-state index in [0.29, 0.717) is 42.5 Å². The number of rotatable bonds is 9. The van der Waals surface area contributed by atoms with Crippen LogP contribution in [0.25, 0.3) is 0 Å². The van der Waals surface area contributed by atoms with E-state index >= 15 is 0 Å². The van der Waals surface area contributed by atoms with Crippen molar-refractivity contribution in [3.05, 3.63) is 58.8 Å². The van der Waals surface area contributed by atoms with Gasteiger partial charge in [-0.2, -0.15) is 0 Å². The lowest BCUT2D eigenvalue weighted by atomic mass is 10.1. The number of hydrogen-bond donors (Lipinski definition) is 1. The van der Waals surface area contributed by atoms with E-state index in [9.17, 15) is 10.0 Å². The third kappa shape index (κ3) is 6.47. The fourth-order valence-corrected chi connectivity index (χ4v) is 2.35. The van der Waals surface area contributed by atoms with Crippen LogP contribution in [0.1, 0.15) is 15.9 Å². The van der Waals surface area contributed by atoms with Gasteiger partial charge in [0.2, 0.25) is 0 Å². The average molecular weight is 374 g/mol. The summed E-state index contributed by atoms with van der Waals surface area (Å²) < 4.78 is 15.5. The number of carbonyl (C=O) groups is 1. The molecule has 0 heterocycles. The van der Waals surface area contributed by atoms with Gasteiger partial charge in [-0.15, -0.1) is 0 Å². The molecule has 0 aliphatic rings. The van der Waals surface area contributed by atoms with Gasteiger partial charge in [0.1, 0.15) is 18.9 Å². The summed E-state index contributed by atoms with van der Waals surface area (Å²) in [5.41, 5.74) is 1.43. The molecule has 27 heavy (non-hydrogen) atoms. The van der Waals surface area contributed by atoms with Gasteiger partial charge in [-0.05, 0) is 35.9 Å². The second-order valence-electron chi connectivity index (χ2n) is 6.54. The fraction of sp³-hybridized carbons (Fsp3) is 0.350. The number of hydroxylamine groups is 3. The Bertz CT molecular complexity index is 754. The maximum Gasteiger partial charge on any atom is 0.251 e. The molecule has 2 aromatic carbocycles. The van der Waals surface area contributed by atoms with Gasteiger partial charge in [0.05, 0.1) is 28.3 Å². The van der Waals surface area contributed by atoms with Crippen molar-refractivity contribution >= 4 is 5.91 Å². The molecule has 1 amide bonds. The number of carbonyl (C=O) groups excluding carboxylic acids is 1. The van der Waals surface area contributed by atoms with E-state index in [1.165, 1.54) is 7.11 Å². The van der Waals surface area contributed by atoms with Crippen molar-refractivity contribution in [2.24, 2.45) is 0 Å². The highest BCUT2D eigenvalue weighted by atomic mass is 16.5. The zero-order chi connectivity index (χ0) is 19.9. The molecule has 0 saturated heterocycles. The van der Waals surface area contributed by atoms with Crippen LogP contribution in [0.15, 0.2) is 42.5 Å². The largest absolute Gasteiger partial charge is 0.633 e. The summed E-state index contributed by atoms with van der Waals surface area (Å²) >= 11 is 0. The number of hydrogen-bond acceptors (Lipinski definition) is 5. The Morgan fingerprint density at radius 3 is 2.30 bits per heavy atom. The van der Waals surface area contributed by atoms with Crippen molar-refractivity contribution in [2.45, 2.75) is 6.54 Å². The predicted octanol–water partition coefficient (Wildman–Crippen LogP) is 2.59. The second kappa shape index (κ2) is 9.25. The summed E-state index contributed by atoms with van der Waals surface area (Å²) in [6.07, 6.45) is 0. The van der Waals surface area contributed by atoms with E-state index in [-0.39, 0.29) is 10.6 Å². The molecule has 2 rings (SSSR count). The second-order valence-corrected chi connectivity index (χ2v) is 6.54. The zero-order valence-corrected chi connectivity index (χ0v) is 16.2. The summed E-state index contributed by atoms with van der Waals surface area (Å²) in [7, 11) is 6.23. The fourth-order valence-electron chi connectivity index (χ4n) is 2.35. The Morgan fingerprint density at radius 1 is 1.04 bits per heavy atom. The van der Waals surface area contributed by atoms with E-state index in [0.717, 1.165) is 5.56 Å². The van der Waals surface area contributed by atoms with Crippen LogP contribution in [0.2, 0.25) is 0 Å². The van der Waals surface area contributed by atoms with Crippen molar-refractivity contribution in [1.29, 1.82) is 0 Å². The van der Waals surface area contributed by atoms with Crippen LogP contribution in [0.5, 0.6) is 17.2 Å². The first-order valence-corrected chi connectivity index (χ1v) is 8.58. The molecule has 146 valence electrons. The first kappa shape index (κ1) is 20.5. The highest BCUT2D eigenvalue weighted by Crippen LogP contribution is 2.27. The van der Waals surface area contributed by atoms with Crippen LogP contribution in [0.4, 0.5) is 0 Å². The molecular formula is C20H26N2O5. The van der Waals surface area contributed by atoms with E-state index in [1.54, 1.807) is 39.4 Å². The maximum absolute atomic E-state index is 12.3. The molecule has 0 fully saturated rings. The molecule has 1 N–H and O–H groups in total. The number of nitrogens with zero attached hydrogens (tertiary/aromatic N) is 1. The number of likely N-dealkylation sites (N-methyl/N-ethyl adjacent to an activating group) is 1. The first-order chi connectivity index (χ1) is 12.8. The molecule has 2 aromatic rings. The van der Waals surface area contributed by atoms with Gasteiger partial charge in [-0.25, -0.2) is 0 Å². The Kier molecular flexibility index (Phi) is 7.04. The van der Waals surface area contributed by atoms with Crippen LogP contribution in [-0.4, -0.2) is 52.0 Å². The SMILES string of the molecule is COc1ccc(C(=O)NCc2ccc(OCC[N+](C)(C)[O-])cc2)cc1OC. The summed E-state index contributed by atoms with van der Waals surface area (Å²) in [4.78, 5) is 12.3. The number of ether oxygens (including phenoxy) is 3. The highest BCUT2D eigenvalue weighted by molar-refractivity contribution is 5.94. The van der Waals surface area contributed by atoms with Crippen LogP contribution in [-0.2, 0) is 6.54 Å². The lowest BCUT2D eigenvalue weighted by Crippen LogP contribution is -2.36. The normalized spacial score (nSPS) is 11.0. The van der Waals surface area contributed by atoms with Crippen molar-refractivity contribution in [3.8, 4) is 17.2 Å². The standard InChI is InChI=1S/C20H26N2O5/c1-22(2,24)11-12-27-17-8-5-15(6-9-17)14-21-20(23)16-7-10-18(25-3)19(13-16)26-4/h5-10,13H,11-12,14H2,1-4H3,(H,21,23). The highest BCUT2D eigenvalue weighted by Gasteiger charge is 2.10. The molecule has 0 aromatic heterocycles. The van der Waals surface area contributed by atoms with Crippen LogP contribution in [0, 0.1) is 5.21 Å². The minimum absolute atomic E-state index is 0.202. The Hall–Kier alpha value is -2.77. The molecular weight excluding hydrogens is 348 g/mol.